The molecule has 61 heavy (non-hydrogen) atoms. The largest absolute Gasteiger partial charge is 0.496 e. The van der Waals surface area contributed by atoms with Gasteiger partial charge in [-0.2, -0.15) is 0 Å². The molecule has 9 heteroatoms. The van der Waals surface area contributed by atoms with Crippen molar-refractivity contribution in [3.8, 4) is 46.0 Å². The van der Waals surface area contributed by atoms with Crippen LogP contribution in [0.5, 0.6) is 46.0 Å². The third kappa shape index (κ3) is 9.86. The minimum atomic E-state index is 0.413. The zero-order valence-corrected chi connectivity index (χ0v) is 35.7. The Hall–Kier alpha value is -7.52. The molecular formula is C52H50O9. The molecule has 0 aliphatic carbocycles. The van der Waals surface area contributed by atoms with Gasteiger partial charge >= 0.3 is 0 Å². The van der Waals surface area contributed by atoms with Gasteiger partial charge in [0.2, 0.25) is 0 Å². The highest BCUT2D eigenvalue weighted by Gasteiger charge is 2.23. The monoisotopic (exact) mass is 818 g/mol. The van der Waals surface area contributed by atoms with E-state index in [0.717, 1.165) is 11.1 Å². The van der Waals surface area contributed by atoms with Gasteiger partial charge in [-0.15, -0.1) is 0 Å². The summed E-state index contributed by atoms with van der Waals surface area (Å²) in [6.07, 6.45) is 7.82. The fraction of sp³-hybridized carbons (Fsp3) is 0.154. The lowest BCUT2D eigenvalue weighted by Crippen LogP contribution is -2.03. The molecule has 0 aliphatic heterocycles. The van der Waals surface area contributed by atoms with E-state index in [9.17, 15) is 0 Å². The summed E-state index contributed by atoms with van der Waals surface area (Å²) < 4.78 is 55.0. The molecule has 9 nitrogen and oxygen atoms in total. The molecule has 6 aromatic rings. The van der Waals surface area contributed by atoms with Crippen LogP contribution in [-0.2, 0) is 4.74 Å². The Morgan fingerprint density at radius 2 is 0.508 bits per heavy atom. The Kier molecular flexibility index (Phi) is 14.8. The zero-order valence-electron chi connectivity index (χ0n) is 35.7. The van der Waals surface area contributed by atoms with Gasteiger partial charge in [0.25, 0.3) is 0 Å². The molecule has 0 aliphatic rings. The van der Waals surface area contributed by atoms with Crippen LogP contribution in [0.4, 0.5) is 0 Å². The lowest BCUT2D eigenvalue weighted by Gasteiger charge is -2.22. The van der Waals surface area contributed by atoms with Crippen molar-refractivity contribution < 1.29 is 42.6 Å². The highest BCUT2D eigenvalue weighted by Crippen LogP contribution is 2.43. The third-order valence-electron chi connectivity index (χ3n) is 9.91. The summed E-state index contributed by atoms with van der Waals surface area (Å²) in [7, 11) is 13.0. The van der Waals surface area contributed by atoms with Crippen LogP contribution in [0, 0.1) is 0 Å². The molecule has 0 bridgehead atoms. The van der Waals surface area contributed by atoms with E-state index in [1.54, 1.807) is 56.9 Å². The first kappa shape index (κ1) is 43.1. The fourth-order valence-corrected chi connectivity index (χ4v) is 6.91. The van der Waals surface area contributed by atoms with Gasteiger partial charge in [0.05, 0.1) is 79.1 Å². The second kappa shape index (κ2) is 20.9. The minimum Gasteiger partial charge on any atom is -0.496 e. The highest BCUT2D eigenvalue weighted by atomic mass is 16.5. The summed E-state index contributed by atoms with van der Waals surface area (Å²) in [5.74, 6) is 5.50. The summed E-state index contributed by atoms with van der Waals surface area (Å²) in [6.45, 7) is 0. The quantitative estimate of drug-likeness (QED) is 0.0478. The van der Waals surface area contributed by atoms with E-state index in [1.807, 2.05) is 158 Å². The van der Waals surface area contributed by atoms with Crippen LogP contribution in [0.3, 0.4) is 0 Å². The number of hydrogen-bond acceptors (Lipinski definition) is 9. The number of methoxy groups -OCH3 is 8. The Morgan fingerprint density at radius 3 is 0.738 bits per heavy atom. The molecule has 0 saturated heterocycles. The van der Waals surface area contributed by atoms with Gasteiger partial charge in [0.15, 0.2) is 0 Å². The van der Waals surface area contributed by atoms with Gasteiger partial charge in [-0.25, -0.2) is 0 Å². The molecule has 0 aromatic heterocycles. The zero-order chi connectivity index (χ0) is 43.1. The van der Waals surface area contributed by atoms with Crippen molar-refractivity contribution in [1.29, 1.82) is 0 Å². The van der Waals surface area contributed by atoms with E-state index < -0.39 is 0 Å². The first-order valence-electron chi connectivity index (χ1n) is 19.4. The van der Waals surface area contributed by atoms with E-state index in [1.165, 1.54) is 0 Å². The van der Waals surface area contributed by atoms with E-state index >= 15 is 0 Å². The summed E-state index contributed by atoms with van der Waals surface area (Å²) in [5.41, 5.74) is 5.70. The topological polar surface area (TPSA) is 83.1 Å². The molecule has 0 atom stereocenters. The molecular weight excluding hydrogens is 769 g/mol. The molecule has 0 spiro atoms. The van der Waals surface area contributed by atoms with Gasteiger partial charge < -0.3 is 42.6 Å². The first-order chi connectivity index (χ1) is 29.9. The van der Waals surface area contributed by atoms with Crippen molar-refractivity contribution in [1.82, 2.24) is 0 Å². The van der Waals surface area contributed by atoms with E-state index in [0.29, 0.717) is 90.9 Å². The smallest absolute Gasteiger partial charge is 0.136 e. The lowest BCUT2D eigenvalue weighted by atomic mass is 9.96. The van der Waals surface area contributed by atoms with Crippen molar-refractivity contribution in [2.45, 2.75) is 0 Å². The van der Waals surface area contributed by atoms with Crippen molar-refractivity contribution in [2.24, 2.45) is 0 Å². The van der Waals surface area contributed by atoms with Crippen LogP contribution >= 0.6 is 0 Å². The summed E-state index contributed by atoms with van der Waals surface area (Å²) >= 11 is 0. The molecule has 6 aromatic carbocycles. The van der Waals surface area contributed by atoms with Gasteiger partial charge in [0, 0.05) is 11.1 Å². The summed E-state index contributed by atoms with van der Waals surface area (Å²) in [4.78, 5) is 0. The van der Waals surface area contributed by atoms with Crippen molar-refractivity contribution >= 4 is 35.5 Å². The van der Waals surface area contributed by atoms with Gasteiger partial charge in [0.1, 0.15) is 57.5 Å². The predicted molar refractivity (Wildman–Crippen MR) is 244 cm³/mol. The first-order valence-corrected chi connectivity index (χ1v) is 19.4. The molecule has 0 unspecified atom stereocenters. The van der Waals surface area contributed by atoms with E-state index in [-0.39, 0.29) is 0 Å². The second-order valence-electron chi connectivity index (χ2n) is 13.3. The van der Waals surface area contributed by atoms with Crippen LogP contribution in [0.2, 0.25) is 0 Å². The number of ether oxygens (including phenoxy) is 9. The molecule has 0 saturated carbocycles. The van der Waals surface area contributed by atoms with Gasteiger partial charge in [-0.1, -0.05) is 84.9 Å². The molecule has 6 rings (SSSR count). The minimum absolute atomic E-state index is 0.413. The number of benzene rings is 6. The maximum Gasteiger partial charge on any atom is 0.136 e. The molecule has 0 radical (unpaired) electrons. The normalized spacial score (nSPS) is 12.0. The van der Waals surface area contributed by atoms with Crippen LogP contribution in [0.15, 0.2) is 145 Å². The maximum absolute atomic E-state index is 7.53. The van der Waals surface area contributed by atoms with Crippen LogP contribution in [-0.4, -0.2) is 56.9 Å². The average molecular weight is 819 g/mol. The third-order valence-corrected chi connectivity index (χ3v) is 9.91. The highest BCUT2D eigenvalue weighted by molar-refractivity contribution is 5.99. The van der Waals surface area contributed by atoms with Crippen LogP contribution in [0.25, 0.3) is 35.5 Å². The van der Waals surface area contributed by atoms with Crippen LogP contribution in [0.1, 0.15) is 33.4 Å². The SMILES string of the molecule is COc1cccc(OC)c1C=C(OC(=Cc1c(OC)cccc1OC)C(=Cc1c(OC)cccc1OC)c1ccccc1)C(=Cc1c(OC)cccc1OC)c1ccccc1. The number of hydrogen-bond donors (Lipinski definition) is 0. The Bertz CT molecular complexity index is 2270. The maximum atomic E-state index is 7.53. The average Bonchev–Trinajstić information content (AvgIpc) is 3.32. The standard InChI is InChI=1S/C52H50O9/c1-53-43-23-15-24-44(54-2)39(43)31-37(35-19-11-9-12-20-35)51(33-41-47(57-5)27-17-28-48(41)58-6)61-52(34-42-49(59-7)29-18-30-50(42)60-8)38(36-21-13-10-14-22-36)32-40-45(55-3)25-16-26-46(40)56-4/h9-34H,1-8H3. The number of allylic oxidation sites excluding steroid dienone is 2. The second-order valence-corrected chi connectivity index (χ2v) is 13.3. The molecule has 0 heterocycles. The van der Waals surface area contributed by atoms with Crippen molar-refractivity contribution in [2.75, 3.05) is 56.9 Å². The fourth-order valence-electron chi connectivity index (χ4n) is 6.91. The molecule has 0 fully saturated rings. The Balaban J connectivity index is 1.79. The number of rotatable bonds is 18. The van der Waals surface area contributed by atoms with Gasteiger partial charge in [-0.05, 0) is 84.0 Å². The molecule has 0 amide bonds. The summed E-state index contributed by atoms with van der Waals surface area (Å²) in [5, 5.41) is 0. The van der Waals surface area contributed by atoms with Crippen molar-refractivity contribution in [3.63, 3.8) is 0 Å². The predicted octanol–water partition coefficient (Wildman–Crippen LogP) is 11.6. The Morgan fingerprint density at radius 1 is 0.279 bits per heavy atom. The lowest BCUT2D eigenvalue weighted by molar-refractivity contribution is 0.350. The van der Waals surface area contributed by atoms with E-state index in [2.05, 4.69) is 0 Å². The van der Waals surface area contributed by atoms with E-state index in [4.69, 9.17) is 42.6 Å². The molecule has 0 N–H and O–H groups in total. The van der Waals surface area contributed by atoms with Gasteiger partial charge in [-0.3, -0.25) is 0 Å². The van der Waals surface area contributed by atoms with Crippen molar-refractivity contribution in [3.05, 3.63) is 178 Å². The van der Waals surface area contributed by atoms with Crippen LogP contribution < -0.4 is 37.9 Å². The Labute approximate surface area is 358 Å². The summed E-state index contributed by atoms with van der Waals surface area (Å²) in [6, 6.07) is 42.5. The molecule has 312 valence electrons.